The molecular weight excluding hydrogens is 282 g/mol. The van der Waals surface area contributed by atoms with E-state index in [0.717, 1.165) is 11.3 Å². The van der Waals surface area contributed by atoms with Crippen molar-refractivity contribution in [1.82, 2.24) is 24.9 Å². The van der Waals surface area contributed by atoms with Gasteiger partial charge in [0.15, 0.2) is 11.5 Å². The van der Waals surface area contributed by atoms with Gasteiger partial charge in [0.25, 0.3) is 5.91 Å². The number of hydrogen-bond donors (Lipinski definition) is 1. The molecule has 0 radical (unpaired) electrons. The van der Waals surface area contributed by atoms with Crippen LogP contribution in [0, 0.1) is 6.92 Å². The second-order valence-corrected chi connectivity index (χ2v) is 5.22. The predicted octanol–water partition coefficient (Wildman–Crippen LogP) is 1.98. The van der Waals surface area contributed by atoms with Crippen LogP contribution in [0.1, 0.15) is 21.7 Å². The molecule has 1 amide bonds. The largest absolute Gasteiger partial charge is 0.463 e. The van der Waals surface area contributed by atoms with Crippen molar-refractivity contribution in [3.63, 3.8) is 0 Å². The van der Waals surface area contributed by atoms with E-state index in [4.69, 9.17) is 4.42 Å². The summed E-state index contributed by atoms with van der Waals surface area (Å²) in [5.41, 5.74) is 2.97. The summed E-state index contributed by atoms with van der Waals surface area (Å²) in [4.78, 5) is 14.1. The molecule has 0 unspecified atom stereocenters. The topological polar surface area (TPSA) is 80.0 Å². The zero-order chi connectivity index (χ0) is 15.7. The molecule has 22 heavy (non-hydrogen) atoms. The maximum Gasteiger partial charge on any atom is 0.274 e. The van der Waals surface area contributed by atoms with Crippen molar-refractivity contribution in [2.45, 2.75) is 13.5 Å². The SMILES string of the molecule is Cc1nn(C)cc1CN(C)C(=O)c1cc(-c2ccco2)[nH]n1. The Hall–Kier alpha value is -2.83. The Morgan fingerprint density at radius 2 is 2.32 bits per heavy atom. The van der Waals surface area contributed by atoms with Crippen molar-refractivity contribution in [3.8, 4) is 11.5 Å². The number of furan rings is 1. The number of nitrogens with zero attached hydrogens (tertiary/aromatic N) is 4. The molecule has 0 aliphatic rings. The third-order valence-corrected chi connectivity index (χ3v) is 3.45. The number of carbonyl (C=O) groups is 1. The molecule has 7 nitrogen and oxygen atoms in total. The lowest BCUT2D eigenvalue weighted by Crippen LogP contribution is -2.26. The van der Waals surface area contributed by atoms with Crippen molar-refractivity contribution >= 4 is 5.91 Å². The van der Waals surface area contributed by atoms with Crippen molar-refractivity contribution in [2.75, 3.05) is 7.05 Å². The van der Waals surface area contributed by atoms with Gasteiger partial charge in [-0.2, -0.15) is 10.2 Å². The van der Waals surface area contributed by atoms with E-state index in [-0.39, 0.29) is 5.91 Å². The number of aryl methyl sites for hydroxylation is 2. The van der Waals surface area contributed by atoms with Crippen molar-refractivity contribution in [2.24, 2.45) is 7.05 Å². The predicted molar refractivity (Wildman–Crippen MR) is 80.0 cm³/mol. The normalized spacial score (nSPS) is 10.9. The first-order valence-corrected chi connectivity index (χ1v) is 6.88. The van der Waals surface area contributed by atoms with Gasteiger partial charge in [-0.05, 0) is 19.1 Å². The highest BCUT2D eigenvalue weighted by molar-refractivity contribution is 5.93. The van der Waals surface area contributed by atoms with Crippen molar-refractivity contribution in [3.05, 3.63) is 47.6 Å². The fourth-order valence-electron chi connectivity index (χ4n) is 2.32. The molecule has 114 valence electrons. The first-order valence-electron chi connectivity index (χ1n) is 6.88. The second kappa shape index (κ2) is 5.51. The Balaban J connectivity index is 1.74. The number of carbonyl (C=O) groups excluding carboxylic acids is 1. The molecule has 0 saturated heterocycles. The molecule has 0 saturated carbocycles. The summed E-state index contributed by atoms with van der Waals surface area (Å²) in [5.74, 6) is 0.495. The van der Waals surface area contributed by atoms with Gasteiger partial charge in [0, 0.05) is 38.5 Å². The van der Waals surface area contributed by atoms with Crippen LogP contribution in [-0.4, -0.2) is 37.8 Å². The number of nitrogens with one attached hydrogen (secondary N) is 1. The summed E-state index contributed by atoms with van der Waals surface area (Å²) in [6.07, 6.45) is 3.49. The maximum absolute atomic E-state index is 12.4. The van der Waals surface area contributed by atoms with E-state index < -0.39 is 0 Å². The number of H-pyrrole nitrogens is 1. The Labute approximate surface area is 127 Å². The maximum atomic E-state index is 12.4. The van der Waals surface area contributed by atoms with Crippen LogP contribution in [0.2, 0.25) is 0 Å². The average molecular weight is 299 g/mol. The van der Waals surface area contributed by atoms with E-state index in [1.54, 1.807) is 35.0 Å². The van der Waals surface area contributed by atoms with E-state index in [9.17, 15) is 4.79 Å². The molecule has 3 heterocycles. The zero-order valence-corrected chi connectivity index (χ0v) is 12.7. The lowest BCUT2D eigenvalue weighted by molar-refractivity contribution is 0.0779. The molecule has 0 fully saturated rings. The molecule has 0 spiro atoms. The molecule has 3 aromatic rings. The van der Waals surface area contributed by atoms with E-state index >= 15 is 0 Å². The first kappa shape index (κ1) is 14.1. The Kier molecular flexibility index (Phi) is 3.54. The minimum Gasteiger partial charge on any atom is -0.463 e. The number of aromatic nitrogens is 4. The Bertz CT molecular complexity index is 785. The van der Waals surface area contributed by atoms with Crippen LogP contribution >= 0.6 is 0 Å². The van der Waals surface area contributed by atoms with Crippen LogP contribution in [0.3, 0.4) is 0 Å². The first-order chi connectivity index (χ1) is 10.5. The standard InChI is InChI=1S/C15H17N5O2/c1-10-11(9-20(3)18-10)8-19(2)15(21)13-7-12(16-17-13)14-5-4-6-22-14/h4-7,9H,8H2,1-3H3,(H,16,17). The lowest BCUT2D eigenvalue weighted by atomic mass is 10.2. The second-order valence-electron chi connectivity index (χ2n) is 5.22. The molecule has 0 bridgehead atoms. The summed E-state index contributed by atoms with van der Waals surface area (Å²) in [5, 5.41) is 11.2. The molecule has 3 aromatic heterocycles. The van der Waals surface area contributed by atoms with Crippen LogP contribution in [0.4, 0.5) is 0 Å². The highest BCUT2D eigenvalue weighted by atomic mass is 16.3. The third kappa shape index (κ3) is 2.65. The molecular formula is C15H17N5O2. The van der Waals surface area contributed by atoms with Gasteiger partial charge in [-0.3, -0.25) is 14.6 Å². The number of hydrogen-bond acceptors (Lipinski definition) is 4. The lowest BCUT2D eigenvalue weighted by Gasteiger charge is -2.15. The molecule has 0 aliphatic heterocycles. The van der Waals surface area contributed by atoms with Gasteiger partial charge in [-0.25, -0.2) is 0 Å². The van der Waals surface area contributed by atoms with Gasteiger partial charge in [0.1, 0.15) is 5.69 Å². The van der Waals surface area contributed by atoms with E-state index in [2.05, 4.69) is 15.3 Å². The van der Waals surface area contributed by atoms with Gasteiger partial charge < -0.3 is 9.32 Å². The summed E-state index contributed by atoms with van der Waals surface area (Å²) >= 11 is 0. The third-order valence-electron chi connectivity index (χ3n) is 3.45. The Morgan fingerprint density at radius 3 is 2.95 bits per heavy atom. The van der Waals surface area contributed by atoms with E-state index in [0.29, 0.717) is 23.7 Å². The summed E-state index contributed by atoms with van der Waals surface area (Å²) in [7, 11) is 3.61. The van der Waals surface area contributed by atoms with Crippen LogP contribution in [0.25, 0.3) is 11.5 Å². The molecule has 3 rings (SSSR count). The zero-order valence-electron chi connectivity index (χ0n) is 12.7. The fraction of sp³-hybridized carbons (Fsp3) is 0.267. The van der Waals surface area contributed by atoms with Gasteiger partial charge in [0.05, 0.1) is 12.0 Å². The molecule has 7 heteroatoms. The number of amides is 1. The van der Waals surface area contributed by atoms with Gasteiger partial charge >= 0.3 is 0 Å². The van der Waals surface area contributed by atoms with Gasteiger partial charge in [-0.1, -0.05) is 0 Å². The molecule has 1 N–H and O–H groups in total. The minimum atomic E-state index is -0.155. The van der Waals surface area contributed by atoms with Crippen molar-refractivity contribution in [1.29, 1.82) is 0 Å². The summed E-state index contributed by atoms with van der Waals surface area (Å²) in [6.45, 7) is 2.42. The molecule has 0 atom stereocenters. The monoisotopic (exact) mass is 299 g/mol. The fourth-order valence-corrected chi connectivity index (χ4v) is 2.32. The number of aromatic amines is 1. The van der Waals surface area contributed by atoms with Crippen LogP contribution in [-0.2, 0) is 13.6 Å². The van der Waals surface area contributed by atoms with Crippen LogP contribution in [0.5, 0.6) is 0 Å². The van der Waals surface area contributed by atoms with E-state index in [1.807, 2.05) is 26.2 Å². The quantitative estimate of drug-likeness (QED) is 0.799. The molecule has 0 aliphatic carbocycles. The van der Waals surface area contributed by atoms with Gasteiger partial charge in [0.2, 0.25) is 0 Å². The summed E-state index contributed by atoms with van der Waals surface area (Å²) < 4.78 is 7.02. The van der Waals surface area contributed by atoms with Crippen molar-refractivity contribution < 1.29 is 9.21 Å². The minimum absolute atomic E-state index is 0.155. The highest BCUT2D eigenvalue weighted by Crippen LogP contribution is 2.19. The number of rotatable bonds is 4. The van der Waals surface area contributed by atoms with Crippen LogP contribution < -0.4 is 0 Å². The summed E-state index contributed by atoms with van der Waals surface area (Å²) in [6, 6.07) is 5.28. The highest BCUT2D eigenvalue weighted by Gasteiger charge is 2.18. The van der Waals surface area contributed by atoms with E-state index in [1.165, 1.54) is 0 Å². The average Bonchev–Trinajstić information content (AvgIpc) is 3.19. The smallest absolute Gasteiger partial charge is 0.274 e. The Morgan fingerprint density at radius 1 is 1.50 bits per heavy atom. The molecule has 0 aromatic carbocycles. The van der Waals surface area contributed by atoms with Gasteiger partial charge in [-0.15, -0.1) is 0 Å². The van der Waals surface area contributed by atoms with Crippen LogP contribution in [0.15, 0.2) is 35.1 Å².